The number of hydrogen-bond acceptors (Lipinski definition) is 3. The topological polar surface area (TPSA) is 42.9 Å². The van der Waals surface area contributed by atoms with Gasteiger partial charge in [-0.15, -0.1) is 24.0 Å². The van der Waals surface area contributed by atoms with E-state index in [-0.39, 0.29) is 24.0 Å². The van der Waals surface area contributed by atoms with Gasteiger partial charge in [0.25, 0.3) is 0 Å². The van der Waals surface area contributed by atoms with Crippen molar-refractivity contribution in [2.75, 3.05) is 52.9 Å². The third-order valence-corrected chi connectivity index (χ3v) is 6.10. The third kappa shape index (κ3) is 9.79. The lowest BCUT2D eigenvalue weighted by molar-refractivity contribution is 0.160. The molecule has 27 heavy (non-hydrogen) atoms. The van der Waals surface area contributed by atoms with Gasteiger partial charge in [0.2, 0.25) is 0 Å². The summed E-state index contributed by atoms with van der Waals surface area (Å²) in [7, 11) is 1.89. The minimum Gasteiger partial charge on any atom is -0.355 e. The van der Waals surface area contributed by atoms with Crippen LogP contribution < -0.4 is 10.6 Å². The Hall–Kier alpha value is -0.0800. The quantitative estimate of drug-likeness (QED) is 0.293. The second kappa shape index (κ2) is 14.9. The number of piperidine rings is 1. The van der Waals surface area contributed by atoms with Crippen LogP contribution in [0.1, 0.15) is 65.2 Å². The highest BCUT2D eigenvalue weighted by Gasteiger charge is 2.23. The zero-order valence-electron chi connectivity index (χ0n) is 18.0. The van der Waals surface area contributed by atoms with Crippen LogP contribution in [0, 0.1) is 5.92 Å². The number of halogens is 1. The van der Waals surface area contributed by atoms with Crippen molar-refractivity contribution < 1.29 is 0 Å². The molecule has 2 N–H and O–H groups in total. The summed E-state index contributed by atoms with van der Waals surface area (Å²) < 4.78 is 0. The SMILES string of the molecule is CCCN(CC)CCNC(=NC)NC1CCN(CC2CCCCC2)CC1.I. The first-order valence-corrected chi connectivity index (χ1v) is 11.2. The Morgan fingerprint density at radius 3 is 2.33 bits per heavy atom. The van der Waals surface area contributed by atoms with Crippen molar-refractivity contribution in [2.24, 2.45) is 10.9 Å². The van der Waals surface area contributed by atoms with Gasteiger partial charge in [-0.3, -0.25) is 4.99 Å². The van der Waals surface area contributed by atoms with Gasteiger partial charge in [0.1, 0.15) is 0 Å². The Morgan fingerprint density at radius 1 is 1.04 bits per heavy atom. The molecule has 0 atom stereocenters. The fraction of sp³-hybridized carbons (Fsp3) is 0.952. The number of aliphatic imine (C=N–C) groups is 1. The molecule has 0 aromatic heterocycles. The van der Waals surface area contributed by atoms with Crippen LogP contribution in [0.5, 0.6) is 0 Å². The van der Waals surface area contributed by atoms with Crippen LogP contribution in [0.2, 0.25) is 0 Å². The Morgan fingerprint density at radius 2 is 1.74 bits per heavy atom. The van der Waals surface area contributed by atoms with Gasteiger partial charge < -0.3 is 20.4 Å². The first kappa shape index (κ1) is 25.0. The lowest BCUT2D eigenvalue weighted by atomic mass is 9.88. The molecule has 2 fully saturated rings. The molecular formula is C21H44IN5. The van der Waals surface area contributed by atoms with Crippen molar-refractivity contribution in [3.05, 3.63) is 0 Å². The Labute approximate surface area is 185 Å². The lowest BCUT2D eigenvalue weighted by Gasteiger charge is -2.36. The Kier molecular flexibility index (Phi) is 13.7. The van der Waals surface area contributed by atoms with Crippen molar-refractivity contribution in [2.45, 2.75) is 71.3 Å². The highest BCUT2D eigenvalue weighted by molar-refractivity contribution is 14.0. The van der Waals surface area contributed by atoms with Crippen molar-refractivity contribution in [1.82, 2.24) is 20.4 Å². The van der Waals surface area contributed by atoms with Crippen LogP contribution in [0.3, 0.4) is 0 Å². The Bertz CT molecular complexity index is 390. The standard InChI is InChI=1S/C21H43N5.HI/c1-4-14-25(5-2)17-13-23-21(22-3)24-20-11-15-26(16-12-20)18-19-9-7-6-8-10-19;/h19-20H,4-18H2,1-3H3,(H2,22,23,24);1H. The predicted octanol–water partition coefficient (Wildman–Crippen LogP) is 3.55. The summed E-state index contributed by atoms with van der Waals surface area (Å²) in [5.74, 6) is 1.94. The molecule has 0 aromatic carbocycles. The van der Waals surface area contributed by atoms with Crippen LogP contribution in [0.4, 0.5) is 0 Å². The van der Waals surface area contributed by atoms with E-state index in [4.69, 9.17) is 0 Å². The fourth-order valence-corrected chi connectivity index (χ4v) is 4.46. The van der Waals surface area contributed by atoms with E-state index in [2.05, 4.69) is 39.3 Å². The molecule has 0 spiro atoms. The molecule has 0 aromatic rings. The number of hydrogen-bond donors (Lipinski definition) is 2. The first-order valence-electron chi connectivity index (χ1n) is 11.2. The normalized spacial score (nSPS) is 20.5. The van der Waals surface area contributed by atoms with E-state index in [9.17, 15) is 0 Å². The largest absolute Gasteiger partial charge is 0.355 e. The van der Waals surface area contributed by atoms with E-state index in [1.165, 1.54) is 77.5 Å². The summed E-state index contributed by atoms with van der Waals surface area (Å²) in [6.07, 6.45) is 11.0. The zero-order valence-corrected chi connectivity index (χ0v) is 20.3. The molecule has 160 valence electrons. The number of likely N-dealkylation sites (N-methyl/N-ethyl adjacent to an activating group) is 1. The van der Waals surface area contributed by atoms with Gasteiger partial charge in [-0.05, 0) is 51.1 Å². The van der Waals surface area contributed by atoms with E-state index in [0.29, 0.717) is 6.04 Å². The number of nitrogens with one attached hydrogen (secondary N) is 2. The maximum absolute atomic E-state index is 4.43. The van der Waals surface area contributed by atoms with E-state index in [1.54, 1.807) is 0 Å². The van der Waals surface area contributed by atoms with Crippen LogP contribution in [0.25, 0.3) is 0 Å². The number of likely N-dealkylation sites (tertiary alicyclic amines) is 1. The summed E-state index contributed by atoms with van der Waals surface area (Å²) >= 11 is 0. The first-order chi connectivity index (χ1) is 12.7. The smallest absolute Gasteiger partial charge is 0.191 e. The van der Waals surface area contributed by atoms with E-state index >= 15 is 0 Å². The average molecular weight is 494 g/mol. The monoisotopic (exact) mass is 493 g/mol. The maximum Gasteiger partial charge on any atom is 0.191 e. The van der Waals surface area contributed by atoms with E-state index < -0.39 is 0 Å². The van der Waals surface area contributed by atoms with Crippen molar-refractivity contribution in [3.63, 3.8) is 0 Å². The predicted molar refractivity (Wildman–Crippen MR) is 128 cm³/mol. The lowest BCUT2D eigenvalue weighted by Crippen LogP contribution is -2.50. The van der Waals surface area contributed by atoms with E-state index in [0.717, 1.165) is 31.5 Å². The van der Waals surface area contributed by atoms with Gasteiger partial charge in [-0.1, -0.05) is 33.1 Å². The highest BCUT2D eigenvalue weighted by atomic mass is 127. The highest BCUT2D eigenvalue weighted by Crippen LogP contribution is 2.25. The molecule has 6 heteroatoms. The van der Waals surface area contributed by atoms with Crippen LogP contribution in [-0.4, -0.2) is 74.7 Å². The van der Waals surface area contributed by atoms with Gasteiger partial charge in [0.15, 0.2) is 5.96 Å². The molecule has 1 aliphatic heterocycles. The second-order valence-electron chi connectivity index (χ2n) is 8.16. The molecule has 2 rings (SSSR count). The molecule has 0 radical (unpaired) electrons. The molecule has 0 bridgehead atoms. The van der Waals surface area contributed by atoms with Crippen molar-refractivity contribution in [1.29, 1.82) is 0 Å². The summed E-state index contributed by atoms with van der Waals surface area (Å²) in [4.78, 5) is 9.62. The van der Waals surface area contributed by atoms with Crippen molar-refractivity contribution in [3.8, 4) is 0 Å². The number of nitrogens with zero attached hydrogens (tertiary/aromatic N) is 3. The van der Waals surface area contributed by atoms with Gasteiger partial charge in [-0.2, -0.15) is 0 Å². The summed E-state index contributed by atoms with van der Waals surface area (Å²) in [5.41, 5.74) is 0. The van der Waals surface area contributed by atoms with Crippen molar-refractivity contribution >= 4 is 29.9 Å². The summed E-state index contributed by atoms with van der Waals surface area (Å²) in [5, 5.41) is 7.15. The second-order valence-corrected chi connectivity index (χ2v) is 8.16. The van der Waals surface area contributed by atoms with Crippen LogP contribution >= 0.6 is 24.0 Å². The molecule has 2 aliphatic rings. The molecule has 1 saturated carbocycles. The summed E-state index contributed by atoms with van der Waals surface area (Å²) in [6.45, 7) is 12.7. The molecule has 1 saturated heterocycles. The number of guanidine groups is 1. The average Bonchev–Trinajstić information content (AvgIpc) is 2.68. The zero-order chi connectivity index (χ0) is 18.6. The van der Waals surface area contributed by atoms with Gasteiger partial charge in [0.05, 0.1) is 0 Å². The Balaban J connectivity index is 0.00000364. The summed E-state index contributed by atoms with van der Waals surface area (Å²) in [6, 6.07) is 0.571. The molecule has 0 amide bonds. The van der Waals surface area contributed by atoms with Gasteiger partial charge >= 0.3 is 0 Å². The minimum atomic E-state index is 0. The third-order valence-electron chi connectivity index (χ3n) is 6.10. The van der Waals surface area contributed by atoms with Crippen LogP contribution in [0.15, 0.2) is 4.99 Å². The van der Waals surface area contributed by atoms with Gasteiger partial charge in [0, 0.05) is 45.8 Å². The fourth-order valence-electron chi connectivity index (χ4n) is 4.46. The van der Waals surface area contributed by atoms with Gasteiger partial charge in [-0.25, -0.2) is 0 Å². The molecule has 5 nitrogen and oxygen atoms in total. The molecule has 1 heterocycles. The minimum absolute atomic E-state index is 0. The maximum atomic E-state index is 4.43. The molecular weight excluding hydrogens is 449 g/mol. The molecule has 0 unspecified atom stereocenters. The van der Waals surface area contributed by atoms with Crippen LogP contribution in [-0.2, 0) is 0 Å². The van der Waals surface area contributed by atoms with E-state index in [1.807, 2.05) is 7.05 Å². The number of rotatable bonds is 9. The molecule has 1 aliphatic carbocycles.